The number of fused-ring (bicyclic) bond motifs is 1. The minimum Gasteiger partial charge on any atom is -0.192 e. The summed E-state index contributed by atoms with van der Waals surface area (Å²) < 4.78 is 2.48. The number of benzene rings is 1. The van der Waals surface area contributed by atoms with Crippen LogP contribution in [0, 0.1) is 14.2 Å². The zero-order valence-electron chi connectivity index (χ0n) is 7.67. The SMILES string of the molecule is CCc1cc2cc(I)sc2cc1C#N. The minimum atomic E-state index is 0.818. The molecule has 0 saturated heterocycles. The summed E-state index contributed by atoms with van der Waals surface area (Å²) in [6, 6.07) is 8.55. The summed E-state index contributed by atoms with van der Waals surface area (Å²) >= 11 is 4.05. The summed E-state index contributed by atoms with van der Waals surface area (Å²) in [6.45, 7) is 2.08. The lowest BCUT2D eigenvalue weighted by Gasteiger charge is -1.99. The second-order valence-corrected chi connectivity index (χ2v) is 6.04. The quantitative estimate of drug-likeness (QED) is 0.732. The van der Waals surface area contributed by atoms with Crippen LogP contribution in [-0.2, 0) is 6.42 Å². The van der Waals surface area contributed by atoms with E-state index in [4.69, 9.17) is 5.26 Å². The fourth-order valence-electron chi connectivity index (χ4n) is 1.50. The van der Waals surface area contributed by atoms with Gasteiger partial charge in [0.25, 0.3) is 0 Å². The van der Waals surface area contributed by atoms with Gasteiger partial charge in [-0.05, 0) is 58.2 Å². The van der Waals surface area contributed by atoms with Gasteiger partial charge in [0.05, 0.1) is 14.5 Å². The van der Waals surface area contributed by atoms with E-state index in [0.29, 0.717) is 0 Å². The number of halogens is 1. The van der Waals surface area contributed by atoms with Gasteiger partial charge in [0, 0.05) is 4.70 Å². The highest BCUT2D eigenvalue weighted by molar-refractivity contribution is 14.1. The fourth-order valence-corrected chi connectivity index (χ4v) is 3.35. The molecule has 70 valence electrons. The summed E-state index contributed by atoms with van der Waals surface area (Å²) in [5, 5.41) is 10.2. The third-order valence-electron chi connectivity index (χ3n) is 2.21. The van der Waals surface area contributed by atoms with Gasteiger partial charge >= 0.3 is 0 Å². The highest BCUT2D eigenvalue weighted by atomic mass is 127. The van der Waals surface area contributed by atoms with Crippen LogP contribution in [0.25, 0.3) is 10.1 Å². The summed E-state index contributed by atoms with van der Waals surface area (Å²) in [6.07, 6.45) is 0.922. The van der Waals surface area contributed by atoms with E-state index < -0.39 is 0 Å². The Morgan fingerprint density at radius 2 is 2.21 bits per heavy atom. The number of hydrogen-bond acceptors (Lipinski definition) is 2. The molecule has 2 rings (SSSR count). The van der Waals surface area contributed by atoms with Crippen molar-refractivity contribution in [2.75, 3.05) is 0 Å². The highest BCUT2D eigenvalue weighted by Gasteiger charge is 2.05. The summed E-state index contributed by atoms with van der Waals surface area (Å²) in [5.41, 5.74) is 1.97. The second kappa shape index (κ2) is 3.87. The monoisotopic (exact) mass is 313 g/mol. The molecule has 14 heavy (non-hydrogen) atoms. The molecule has 0 aliphatic heterocycles. The zero-order valence-corrected chi connectivity index (χ0v) is 10.6. The lowest BCUT2D eigenvalue weighted by Crippen LogP contribution is -1.85. The molecule has 1 aromatic heterocycles. The average Bonchev–Trinajstić information content (AvgIpc) is 2.54. The van der Waals surface area contributed by atoms with Crippen LogP contribution in [0.1, 0.15) is 18.1 Å². The van der Waals surface area contributed by atoms with Crippen LogP contribution >= 0.6 is 33.9 Å². The average molecular weight is 313 g/mol. The predicted molar refractivity (Wildman–Crippen MR) is 68.6 cm³/mol. The molecule has 0 radical (unpaired) electrons. The van der Waals surface area contributed by atoms with Gasteiger partial charge in [0.15, 0.2) is 0 Å². The Morgan fingerprint density at radius 1 is 1.43 bits per heavy atom. The van der Waals surface area contributed by atoms with E-state index in [1.165, 1.54) is 13.0 Å². The molecule has 0 aliphatic carbocycles. The number of nitriles is 1. The molecule has 0 atom stereocenters. The summed E-state index contributed by atoms with van der Waals surface area (Å²) in [7, 11) is 0. The second-order valence-electron chi connectivity index (χ2n) is 3.06. The molecule has 3 heteroatoms. The van der Waals surface area contributed by atoms with Crippen LogP contribution in [0.4, 0.5) is 0 Å². The molecule has 0 fully saturated rings. The van der Waals surface area contributed by atoms with E-state index >= 15 is 0 Å². The Balaban J connectivity index is 2.76. The van der Waals surface area contributed by atoms with Crippen LogP contribution in [0.3, 0.4) is 0 Å². The molecule has 0 unspecified atom stereocenters. The maximum Gasteiger partial charge on any atom is 0.0995 e. The molecule has 0 spiro atoms. The highest BCUT2D eigenvalue weighted by Crippen LogP contribution is 2.29. The van der Waals surface area contributed by atoms with E-state index in [1.807, 2.05) is 6.07 Å². The van der Waals surface area contributed by atoms with Gasteiger partial charge in [0.1, 0.15) is 0 Å². The van der Waals surface area contributed by atoms with Gasteiger partial charge in [-0.15, -0.1) is 11.3 Å². The zero-order chi connectivity index (χ0) is 10.1. The molecular formula is C11H8INS. The smallest absolute Gasteiger partial charge is 0.0995 e. The third-order valence-corrected chi connectivity index (χ3v) is 4.07. The van der Waals surface area contributed by atoms with Crippen LogP contribution in [0.2, 0.25) is 0 Å². The first-order valence-corrected chi connectivity index (χ1v) is 6.26. The van der Waals surface area contributed by atoms with Crippen molar-refractivity contribution in [1.29, 1.82) is 5.26 Å². The van der Waals surface area contributed by atoms with E-state index in [2.05, 4.69) is 47.7 Å². The van der Waals surface area contributed by atoms with Crippen LogP contribution in [-0.4, -0.2) is 0 Å². The van der Waals surface area contributed by atoms with Gasteiger partial charge < -0.3 is 0 Å². The Kier molecular flexibility index (Phi) is 2.75. The van der Waals surface area contributed by atoms with Crippen molar-refractivity contribution in [3.05, 3.63) is 32.2 Å². The molecule has 1 heterocycles. The maximum atomic E-state index is 8.97. The lowest BCUT2D eigenvalue weighted by atomic mass is 10.0. The Bertz CT molecular complexity index is 522. The molecule has 1 nitrogen and oxygen atoms in total. The van der Waals surface area contributed by atoms with Crippen LogP contribution in [0.5, 0.6) is 0 Å². The summed E-state index contributed by atoms with van der Waals surface area (Å²) in [5.74, 6) is 0. The molecule has 1 aromatic carbocycles. The minimum absolute atomic E-state index is 0.818. The van der Waals surface area contributed by atoms with Gasteiger partial charge in [-0.25, -0.2) is 0 Å². The van der Waals surface area contributed by atoms with Gasteiger partial charge in [-0.2, -0.15) is 5.26 Å². The van der Waals surface area contributed by atoms with Gasteiger partial charge in [0.2, 0.25) is 0 Å². The number of nitrogens with zero attached hydrogens (tertiary/aromatic N) is 1. The molecular weight excluding hydrogens is 305 g/mol. The van der Waals surface area contributed by atoms with Crippen molar-refractivity contribution in [2.45, 2.75) is 13.3 Å². The third kappa shape index (κ3) is 1.64. The van der Waals surface area contributed by atoms with E-state index in [1.54, 1.807) is 11.3 Å². The molecule has 0 saturated carbocycles. The first-order chi connectivity index (χ1) is 6.74. The van der Waals surface area contributed by atoms with Crippen LogP contribution < -0.4 is 0 Å². The number of hydrogen-bond donors (Lipinski definition) is 0. The standard InChI is InChI=1S/C11H8INS/c1-2-7-3-8-5-11(12)14-10(8)4-9(7)6-13/h3-5H,2H2,1H3. The molecule has 0 N–H and O–H groups in total. The number of aryl methyl sites for hydroxylation is 1. The normalized spacial score (nSPS) is 10.4. The Labute approximate surface area is 101 Å². The van der Waals surface area contributed by atoms with Crippen LogP contribution in [0.15, 0.2) is 18.2 Å². The first-order valence-electron chi connectivity index (χ1n) is 4.36. The van der Waals surface area contributed by atoms with E-state index in [9.17, 15) is 0 Å². The molecule has 0 amide bonds. The van der Waals surface area contributed by atoms with Crippen molar-refractivity contribution in [1.82, 2.24) is 0 Å². The predicted octanol–water partition coefficient (Wildman–Crippen LogP) is 3.94. The Hall–Kier alpha value is -0.600. The van der Waals surface area contributed by atoms with Gasteiger partial charge in [-0.1, -0.05) is 6.92 Å². The van der Waals surface area contributed by atoms with E-state index in [-0.39, 0.29) is 0 Å². The molecule has 0 bridgehead atoms. The van der Waals surface area contributed by atoms with Crippen molar-refractivity contribution >= 4 is 44.0 Å². The first kappa shape index (κ1) is 9.94. The number of rotatable bonds is 1. The van der Waals surface area contributed by atoms with Crippen molar-refractivity contribution in [3.8, 4) is 6.07 Å². The fraction of sp³-hybridized carbons (Fsp3) is 0.182. The van der Waals surface area contributed by atoms with Crippen molar-refractivity contribution in [2.24, 2.45) is 0 Å². The number of thiophene rings is 1. The van der Waals surface area contributed by atoms with Gasteiger partial charge in [-0.3, -0.25) is 0 Å². The maximum absolute atomic E-state index is 8.97. The molecule has 0 aliphatic rings. The largest absolute Gasteiger partial charge is 0.192 e. The Morgan fingerprint density at radius 3 is 2.86 bits per heavy atom. The van der Waals surface area contributed by atoms with Crippen molar-refractivity contribution < 1.29 is 0 Å². The topological polar surface area (TPSA) is 23.8 Å². The lowest BCUT2D eigenvalue weighted by molar-refractivity contribution is 1.13. The van der Waals surface area contributed by atoms with Crippen molar-refractivity contribution in [3.63, 3.8) is 0 Å². The summed E-state index contributed by atoms with van der Waals surface area (Å²) in [4.78, 5) is 0. The molecule has 2 aromatic rings. The van der Waals surface area contributed by atoms with E-state index in [0.717, 1.165) is 17.5 Å².